The Balaban J connectivity index is 1.55. The number of phenols is 2. The molecule has 132 valence electrons. The SMILES string of the molecule is O=C(Nc1ccc(OCCc2ccccc2)cc1)c1cc(O)ccc1O. The van der Waals surface area contributed by atoms with Crippen molar-refractivity contribution >= 4 is 11.6 Å². The van der Waals surface area contributed by atoms with E-state index < -0.39 is 5.91 Å². The molecule has 0 aliphatic carbocycles. The molecule has 0 aliphatic rings. The van der Waals surface area contributed by atoms with E-state index in [1.165, 1.54) is 23.8 Å². The van der Waals surface area contributed by atoms with Gasteiger partial charge in [-0.25, -0.2) is 0 Å². The molecule has 0 radical (unpaired) electrons. The Morgan fingerprint density at radius 1 is 0.923 bits per heavy atom. The van der Waals surface area contributed by atoms with Crippen LogP contribution in [0.25, 0.3) is 0 Å². The van der Waals surface area contributed by atoms with Crippen LogP contribution >= 0.6 is 0 Å². The van der Waals surface area contributed by atoms with Gasteiger partial charge in [0.15, 0.2) is 0 Å². The molecular weight excluding hydrogens is 330 g/mol. The van der Waals surface area contributed by atoms with Crippen LogP contribution in [0.15, 0.2) is 72.8 Å². The van der Waals surface area contributed by atoms with E-state index in [0.717, 1.165) is 6.42 Å². The van der Waals surface area contributed by atoms with E-state index in [1.807, 2.05) is 18.2 Å². The topological polar surface area (TPSA) is 78.8 Å². The van der Waals surface area contributed by atoms with Gasteiger partial charge in [-0.05, 0) is 48.0 Å². The molecule has 5 nitrogen and oxygen atoms in total. The lowest BCUT2D eigenvalue weighted by Crippen LogP contribution is -2.12. The van der Waals surface area contributed by atoms with Crippen molar-refractivity contribution in [2.24, 2.45) is 0 Å². The second-order valence-corrected chi connectivity index (χ2v) is 5.76. The normalized spacial score (nSPS) is 10.3. The number of anilines is 1. The maximum Gasteiger partial charge on any atom is 0.259 e. The standard InChI is InChI=1S/C21H19NO4/c23-17-8-11-20(24)19(14-17)21(25)22-16-6-9-18(10-7-16)26-13-12-15-4-2-1-3-5-15/h1-11,14,23-24H,12-13H2,(H,22,25). The summed E-state index contributed by atoms with van der Waals surface area (Å²) in [6.07, 6.45) is 0.816. The van der Waals surface area contributed by atoms with Gasteiger partial charge in [0.25, 0.3) is 5.91 Å². The van der Waals surface area contributed by atoms with Crippen LogP contribution in [-0.4, -0.2) is 22.7 Å². The highest BCUT2D eigenvalue weighted by atomic mass is 16.5. The Morgan fingerprint density at radius 3 is 2.38 bits per heavy atom. The summed E-state index contributed by atoms with van der Waals surface area (Å²) in [5.41, 5.74) is 1.78. The van der Waals surface area contributed by atoms with E-state index in [2.05, 4.69) is 17.4 Å². The molecule has 0 aliphatic heterocycles. The maximum absolute atomic E-state index is 12.2. The molecule has 0 atom stereocenters. The minimum atomic E-state index is -0.504. The first kappa shape index (κ1) is 17.4. The molecule has 1 amide bonds. The maximum atomic E-state index is 12.2. The van der Waals surface area contributed by atoms with Crippen LogP contribution in [0.4, 0.5) is 5.69 Å². The molecule has 5 heteroatoms. The Labute approximate surface area is 151 Å². The van der Waals surface area contributed by atoms with Crippen LogP contribution in [0.3, 0.4) is 0 Å². The van der Waals surface area contributed by atoms with Gasteiger partial charge < -0.3 is 20.3 Å². The van der Waals surface area contributed by atoms with E-state index in [1.54, 1.807) is 24.3 Å². The number of phenolic OH excluding ortho intramolecular Hbond substituents is 2. The number of carbonyl (C=O) groups is 1. The number of hydrogen-bond donors (Lipinski definition) is 3. The van der Waals surface area contributed by atoms with Gasteiger partial charge in [0.1, 0.15) is 17.2 Å². The third-order valence-corrected chi connectivity index (χ3v) is 3.84. The lowest BCUT2D eigenvalue weighted by atomic mass is 10.1. The first-order valence-corrected chi connectivity index (χ1v) is 8.22. The van der Waals surface area contributed by atoms with Crippen molar-refractivity contribution < 1.29 is 19.7 Å². The van der Waals surface area contributed by atoms with Crippen molar-refractivity contribution in [2.45, 2.75) is 6.42 Å². The molecule has 26 heavy (non-hydrogen) atoms. The predicted molar refractivity (Wildman–Crippen MR) is 99.8 cm³/mol. The lowest BCUT2D eigenvalue weighted by Gasteiger charge is -2.09. The highest BCUT2D eigenvalue weighted by Gasteiger charge is 2.12. The van der Waals surface area contributed by atoms with Gasteiger partial charge in [-0.3, -0.25) is 4.79 Å². The van der Waals surface area contributed by atoms with Crippen molar-refractivity contribution in [3.8, 4) is 17.2 Å². The number of aromatic hydroxyl groups is 2. The molecule has 0 heterocycles. The van der Waals surface area contributed by atoms with Crippen molar-refractivity contribution in [2.75, 3.05) is 11.9 Å². The highest BCUT2D eigenvalue weighted by molar-refractivity contribution is 6.06. The van der Waals surface area contributed by atoms with Crippen molar-refractivity contribution in [3.63, 3.8) is 0 Å². The third kappa shape index (κ3) is 4.54. The molecule has 0 saturated heterocycles. The fraction of sp³-hybridized carbons (Fsp3) is 0.0952. The number of hydrogen-bond acceptors (Lipinski definition) is 4. The zero-order valence-electron chi connectivity index (χ0n) is 14.1. The van der Waals surface area contributed by atoms with Gasteiger partial charge in [0.05, 0.1) is 12.2 Å². The van der Waals surface area contributed by atoms with E-state index in [9.17, 15) is 15.0 Å². The number of benzene rings is 3. The first-order chi connectivity index (χ1) is 12.6. The van der Waals surface area contributed by atoms with Crippen LogP contribution in [0.1, 0.15) is 15.9 Å². The first-order valence-electron chi connectivity index (χ1n) is 8.22. The molecule has 0 bridgehead atoms. The second kappa shape index (κ2) is 8.07. The Bertz CT molecular complexity index is 876. The van der Waals surface area contributed by atoms with Gasteiger partial charge >= 0.3 is 0 Å². The summed E-state index contributed by atoms with van der Waals surface area (Å²) >= 11 is 0. The molecule has 3 N–H and O–H groups in total. The number of ether oxygens (including phenoxy) is 1. The van der Waals surface area contributed by atoms with Gasteiger partial charge in [-0.2, -0.15) is 0 Å². The molecule has 3 aromatic carbocycles. The predicted octanol–water partition coefficient (Wildman–Crippen LogP) is 3.97. The van der Waals surface area contributed by atoms with Crippen LogP contribution in [0.5, 0.6) is 17.2 Å². The summed E-state index contributed by atoms with van der Waals surface area (Å²) in [6.45, 7) is 0.562. The smallest absolute Gasteiger partial charge is 0.259 e. The van der Waals surface area contributed by atoms with E-state index in [0.29, 0.717) is 18.0 Å². The van der Waals surface area contributed by atoms with Crippen molar-refractivity contribution in [1.29, 1.82) is 0 Å². The van der Waals surface area contributed by atoms with Crippen molar-refractivity contribution in [1.82, 2.24) is 0 Å². The summed E-state index contributed by atoms with van der Waals surface area (Å²) in [4.78, 5) is 12.2. The fourth-order valence-electron chi connectivity index (χ4n) is 2.47. The highest BCUT2D eigenvalue weighted by Crippen LogP contribution is 2.24. The minimum absolute atomic E-state index is 0.00758. The number of carbonyl (C=O) groups excluding carboxylic acids is 1. The van der Waals surface area contributed by atoms with Crippen LogP contribution < -0.4 is 10.1 Å². The number of amides is 1. The monoisotopic (exact) mass is 349 g/mol. The molecule has 3 rings (SSSR count). The summed E-state index contributed by atoms with van der Waals surface area (Å²) in [5, 5.41) is 21.8. The summed E-state index contributed by atoms with van der Waals surface area (Å²) in [6, 6.07) is 20.9. The summed E-state index contributed by atoms with van der Waals surface area (Å²) < 4.78 is 5.70. The van der Waals surface area contributed by atoms with Crippen molar-refractivity contribution in [3.05, 3.63) is 83.9 Å². The molecule has 0 aromatic heterocycles. The van der Waals surface area contributed by atoms with E-state index in [4.69, 9.17) is 4.74 Å². The third-order valence-electron chi connectivity index (χ3n) is 3.84. The van der Waals surface area contributed by atoms with Gasteiger partial charge in [0, 0.05) is 12.1 Å². The molecule has 0 fully saturated rings. The Hall–Kier alpha value is -3.47. The second-order valence-electron chi connectivity index (χ2n) is 5.76. The van der Waals surface area contributed by atoms with Gasteiger partial charge in [-0.1, -0.05) is 30.3 Å². The largest absolute Gasteiger partial charge is 0.508 e. The Morgan fingerprint density at radius 2 is 1.65 bits per heavy atom. The zero-order chi connectivity index (χ0) is 18.4. The molecule has 0 unspecified atom stereocenters. The summed E-state index contributed by atoms with van der Waals surface area (Å²) in [7, 11) is 0. The fourth-order valence-corrected chi connectivity index (χ4v) is 2.47. The average Bonchev–Trinajstić information content (AvgIpc) is 2.66. The Kier molecular flexibility index (Phi) is 5.39. The van der Waals surface area contributed by atoms with Gasteiger partial charge in [-0.15, -0.1) is 0 Å². The molecule has 0 spiro atoms. The van der Waals surface area contributed by atoms with Crippen LogP contribution in [0, 0.1) is 0 Å². The summed E-state index contributed by atoms with van der Waals surface area (Å²) in [5.74, 6) is -0.0773. The van der Waals surface area contributed by atoms with Crippen LogP contribution in [0.2, 0.25) is 0 Å². The molecule has 0 saturated carbocycles. The van der Waals surface area contributed by atoms with Gasteiger partial charge in [0.2, 0.25) is 0 Å². The quantitative estimate of drug-likeness (QED) is 0.588. The van der Waals surface area contributed by atoms with Crippen LogP contribution in [-0.2, 0) is 6.42 Å². The van der Waals surface area contributed by atoms with E-state index >= 15 is 0 Å². The van der Waals surface area contributed by atoms with E-state index in [-0.39, 0.29) is 17.1 Å². The lowest BCUT2D eigenvalue weighted by molar-refractivity contribution is 0.102. The number of rotatable bonds is 6. The number of nitrogens with one attached hydrogen (secondary N) is 1. The molecule has 3 aromatic rings. The zero-order valence-corrected chi connectivity index (χ0v) is 14.1. The average molecular weight is 349 g/mol. The minimum Gasteiger partial charge on any atom is -0.508 e. The molecular formula is C21H19NO4.